The molecular formula is C31H40Si. The van der Waals surface area contributed by atoms with Gasteiger partial charge in [0.2, 0.25) is 0 Å². The van der Waals surface area contributed by atoms with E-state index in [0.29, 0.717) is 0 Å². The maximum absolute atomic E-state index is 4.19. The summed E-state index contributed by atoms with van der Waals surface area (Å²) in [6.07, 6.45) is 15.0. The van der Waals surface area contributed by atoms with Crippen LogP contribution in [0.5, 0.6) is 0 Å². The van der Waals surface area contributed by atoms with Crippen LogP contribution in [0.15, 0.2) is 61.2 Å². The molecule has 7 atom stereocenters. The van der Waals surface area contributed by atoms with E-state index in [2.05, 4.69) is 67.7 Å². The number of fused-ring (bicyclic) bond motifs is 6. The Morgan fingerprint density at radius 1 is 0.719 bits per heavy atom. The monoisotopic (exact) mass is 440 g/mol. The van der Waals surface area contributed by atoms with Gasteiger partial charge in [0.25, 0.3) is 0 Å². The van der Waals surface area contributed by atoms with Crippen LogP contribution in [-0.2, 0) is 0 Å². The average Bonchev–Trinajstić information content (AvgIpc) is 3.37. The Hall–Kier alpha value is -1.60. The number of benzene rings is 2. The standard InChI is InChI=1S/C31H40Si/c1-3-4-21-32(2,30-26-17-9-5-13-22(26)23-14-6-10-18-27(23)30)31-28-19-11-7-15-24(28)25-16-8-12-20-29(25)31/h3,5,7,9,11,13,15,17,19,23,25,27,29-31H,1,4,6,8,10,12,14,16,18,20-21H2,2H3/t23-,25-,27+,29?,30?,31?,32?/m0/s1. The Morgan fingerprint density at radius 2 is 1.16 bits per heavy atom. The summed E-state index contributed by atoms with van der Waals surface area (Å²) >= 11 is 0. The van der Waals surface area contributed by atoms with Crippen LogP contribution in [0.3, 0.4) is 0 Å². The van der Waals surface area contributed by atoms with E-state index < -0.39 is 8.07 Å². The summed E-state index contributed by atoms with van der Waals surface area (Å²) in [7, 11) is -1.69. The van der Waals surface area contributed by atoms with Gasteiger partial charge < -0.3 is 0 Å². The molecule has 168 valence electrons. The van der Waals surface area contributed by atoms with Gasteiger partial charge in [0, 0.05) is 0 Å². The average molecular weight is 441 g/mol. The van der Waals surface area contributed by atoms with Gasteiger partial charge in [0.05, 0.1) is 8.07 Å². The lowest BCUT2D eigenvalue weighted by Gasteiger charge is -2.47. The van der Waals surface area contributed by atoms with E-state index in [1.54, 1.807) is 22.3 Å². The van der Waals surface area contributed by atoms with Crippen molar-refractivity contribution in [2.45, 2.75) is 93.3 Å². The molecule has 2 aromatic carbocycles. The third kappa shape index (κ3) is 3.06. The second kappa shape index (κ2) is 8.31. The molecule has 6 rings (SSSR count). The molecule has 4 aliphatic rings. The van der Waals surface area contributed by atoms with Crippen molar-refractivity contribution in [3.05, 3.63) is 83.4 Å². The fourth-order valence-corrected chi connectivity index (χ4v) is 15.8. The molecule has 32 heavy (non-hydrogen) atoms. The summed E-state index contributed by atoms with van der Waals surface area (Å²) in [6, 6.07) is 20.9. The number of hydrogen-bond acceptors (Lipinski definition) is 0. The fraction of sp³-hybridized carbons (Fsp3) is 0.548. The summed E-state index contributed by atoms with van der Waals surface area (Å²) in [4.78, 5) is 0. The highest BCUT2D eigenvalue weighted by molar-refractivity contribution is 6.81. The van der Waals surface area contributed by atoms with Crippen molar-refractivity contribution in [3.63, 3.8) is 0 Å². The topological polar surface area (TPSA) is 0 Å². The van der Waals surface area contributed by atoms with Crippen LogP contribution in [0, 0.1) is 11.8 Å². The molecular weight excluding hydrogens is 400 g/mol. The normalized spacial score (nSPS) is 34.7. The molecule has 0 saturated heterocycles. The highest BCUT2D eigenvalue weighted by Crippen LogP contribution is 2.64. The van der Waals surface area contributed by atoms with Gasteiger partial charge in [-0.1, -0.05) is 92.9 Å². The zero-order chi connectivity index (χ0) is 21.7. The zero-order valence-electron chi connectivity index (χ0n) is 19.9. The SMILES string of the molecule is C=CCC[Si](C)(C1c2ccccc2[C@@H]2CCCCC12)C1c2ccccc2[C@@H]2CCCC[C@@H]12. The molecule has 0 aromatic heterocycles. The highest BCUT2D eigenvalue weighted by Gasteiger charge is 2.58. The smallest absolute Gasteiger partial charge is 0.0668 e. The van der Waals surface area contributed by atoms with E-state index >= 15 is 0 Å². The summed E-state index contributed by atoms with van der Waals surface area (Å²) < 4.78 is 0. The van der Waals surface area contributed by atoms with Crippen LogP contribution in [0.4, 0.5) is 0 Å². The van der Waals surface area contributed by atoms with E-state index in [9.17, 15) is 0 Å². The van der Waals surface area contributed by atoms with Gasteiger partial charge in [0.15, 0.2) is 0 Å². The molecule has 2 saturated carbocycles. The van der Waals surface area contributed by atoms with Gasteiger partial charge in [-0.2, -0.15) is 0 Å². The Balaban J connectivity index is 1.52. The maximum atomic E-state index is 4.19. The van der Waals surface area contributed by atoms with E-state index in [0.717, 1.165) is 34.8 Å². The van der Waals surface area contributed by atoms with Crippen molar-refractivity contribution in [2.24, 2.45) is 11.8 Å². The third-order valence-electron chi connectivity index (χ3n) is 10.3. The summed E-state index contributed by atoms with van der Waals surface area (Å²) in [6.45, 7) is 7.05. The van der Waals surface area contributed by atoms with Gasteiger partial charge in [-0.05, 0) is 89.1 Å². The molecule has 0 spiro atoms. The van der Waals surface area contributed by atoms with Gasteiger partial charge in [-0.3, -0.25) is 0 Å². The van der Waals surface area contributed by atoms with Crippen molar-refractivity contribution in [1.82, 2.24) is 0 Å². The van der Waals surface area contributed by atoms with Crippen molar-refractivity contribution in [2.75, 3.05) is 0 Å². The first kappa shape index (κ1) is 21.0. The Bertz CT molecular complexity index is 918. The van der Waals surface area contributed by atoms with E-state index in [4.69, 9.17) is 0 Å². The van der Waals surface area contributed by atoms with Crippen LogP contribution in [0.25, 0.3) is 0 Å². The Kier molecular flexibility index (Phi) is 5.45. The molecule has 0 nitrogen and oxygen atoms in total. The fourth-order valence-electron chi connectivity index (χ4n) is 9.22. The lowest BCUT2D eigenvalue weighted by atomic mass is 9.79. The van der Waals surface area contributed by atoms with E-state index in [1.165, 1.54) is 63.8 Å². The lowest BCUT2D eigenvalue weighted by Crippen LogP contribution is -2.49. The molecule has 0 aliphatic heterocycles. The first-order valence-corrected chi connectivity index (χ1v) is 16.4. The van der Waals surface area contributed by atoms with Crippen molar-refractivity contribution in [3.8, 4) is 0 Å². The van der Waals surface area contributed by atoms with Gasteiger partial charge >= 0.3 is 0 Å². The molecule has 4 aliphatic carbocycles. The lowest BCUT2D eigenvalue weighted by molar-refractivity contribution is 0.300. The molecule has 4 unspecified atom stereocenters. The first-order chi connectivity index (χ1) is 15.7. The molecule has 2 aromatic rings. The third-order valence-corrected chi connectivity index (χ3v) is 16.0. The first-order valence-electron chi connectivity index (χ1n) is 13.5. The number of allylic oxidation sites excluding steroid dienone is 1. The number of rotatable bonds is 5. The summed E-state index contributed by atoms with van der Waals surface area (Å²) in [5.41, 5.74) is 8.71. The molecule has 0 N–H and O–H groups in total. The predicted molar refractivity (Wildman–Crippen MR) is 139 cm³/mol. The highest BCUT2D eigenvalue weighted by atomic mass is 28.3. The van der Waals surface area contributed by atoms with Gasteiger partial charge in [-0.15, -0.1) is 6.58 Å². The van der Waals surface area contributed by atoms with Crippen molar-refractivity contribution >= 4 is 8.07 Å². The molecule has 0 radical (unpaired) electrons. The van der Waals surface area contributed by atoms with E-state index in [1.807, 2.05) is 0 Å². The van der Waals surface area contributed by atoms with Crippen LogP contribution in [0.2, 0.25) is 12.6 Å². The van der Waals surface area contributed by atoms with Crippen LogP contribution in [-0.4, -0.2) is 8.07 Å². The van der Waals surface area contributed by atoms with Crippen LogP contribution >= 0.6 is 0 Å². The second-order valence-electron chi connectivity index (χ2n) is 11.7. The molecule has 1 heteroatoms. The molecule has 2 fully saturated rings. The van der Waals surface area contributed by atoms with Crippen LogP contribution < -0.4 is 0 Å². The van der Waals surface area contributed by atoms with Crippen LogP contribution in [0.1, 0.15) is 103 Å². The van der Waals surface area contributed by atoms with Crippen molar-refractivity contribution in [1.29, 1.82) is 0 Å². The minimum atomic E-state index is -1.69. The minimum absolute atomic E-state index is 0.833. The minimum Gasteiger partial charge on any atom is -0.103 e. The van der Waals surface area contributed by atoms with Gasteiger partial charge in [-0.25, -0.2) is 0 Å². The largest absolute Gasteiger partial charge is 0.103 e. The zero-order valence-corrected chi connectivity index (χ0v) is 20.9. The Morgan fingerprint density at radius 3 is 1.62 bits per heavy atom. The predicted octanol–water partition coefficient (Wildman–Crippen LogP) is 8.86. The molecule has 0 amide bonds. The second-order valence-corrected chi connectivity index (χ2v) is 16.4. The molecule has 0 bridgehead atoms. The summed E-state index contributed by atoms with van der Waals surface area (Å²) in [5.74, 6) is 3.47. The van der Waals surface area contributed by atoms with Gasteiger partial charge in [0.1, 0.15) is 0 Å². The summed E-state index contributed by atoms with van der Waals surface area (Å²) in [5, 5.41) is 0. The van der Waals surface area contributed by atoms with Crippen molar-refractivity contribution < 1.29 is 0 Å². The van der Waals surface area contributed by atoms with E-state index in [-0.39, 0.29) is 0 Å². The maximum Gasteiger partial charge on any atom is 0.0668 e. The Labute approximate surface area is 196 Å². The quantitative estimate of drug-likeness (QED) is 0.322. The number of hydrogen-bond donors (Lipinski definition) is 0. The molecule has 0 heterocycles.